The lowest BCUT2D eigenvalue weighted by atomic mass is 10.1. The van der Waals surface area contributed by atoms with Crippen LogP contribution in [0, 0.1) is 0 Å². The topological polar surface area (TPSA) is 91.0 Å². The number of benzene rings is 1. The monoisotopic (exact) mass is 264 g/mol. The minimum absolute atomic E-state index is 0.0555. The van der Waals surface area contributed by atoms with Crippen LogP contribution < -0.4 is 11.1 Å². The summed E-state index contributed by atoms with van der Waals surface area (Å²) in [6.45, 7) is 3.12. The van der Waals surface area contributed by atoms with Gasteiger partial charge in [0.15, 0.2) is 5.84 Å². The van der Waals surface area contributed by atoms with E-state index >= 15 is 0 Å². The zero-order chi connectivity index (χ0) is 14.3. The molecule has 0 aliphatic carbocycles. The van der Waals surface area contributed by atoms with Gasteiger partial charge in [0.25, 0.3) is 0 Å². The largest absolute Gasteiger partial charge is 0.409 e. The Morgan fingerprint density at radius 2 is 2.26 bits per heavy atom. The van der Waals surface area contributed by atoms with Crippen molar-refractivity contribution in [3.63, 3.8) is 0 Å². The summed E-state index contributed by atoms with van der Waals surface area (Å²) in [6, 6.07) is 7.11. The van der Waals surface area contributed by atoms with Crippen LogP contribution in [-0.2, 0) is 6.54 Å². The van der Waals surface area contributed by atoms with Crippen LogP contribution in [0.25, 0.3) is 0 Å². The van der Waals surface area contributed by atoms with E-state index in [0.717, 1.165) is 12.0 Å². The third-order valence-corrected chi connectivity index (χ3v) is 2.62. The Morgan fingerprint density at radius 3 is 2.89 bits per heavy atom. The van der Waals surface area contributed by atoms with E-state index in [9.17, 15) is 4.79 Å². The van der Waals surface area contributed by atoms with Crippen molar-refractivity contribution in [1.29, 1.82) is 0 Å². The molecule has 104 valence electrons. The fourth-order valence-electron chi connectivity index (χ4n) is 1.60. The first-order valence-electron chi connectivity index (χ1n) is 6.14. The molecule has 0 atom stereocenters. The second-order valence-corrected chi connectivity index (χ2v) is 4.27. The maximum Gasteiger partial charge on any atom is 0.317 e. The van der Waals surface area contributed by atoms with Crippen molar-refractivity contribution >= 4 is 11.9 Å². The van der Waals surface area contributed by atoms with Gasteiger partial charge >= 0.3 is 6.03 Å². The summed E-state index contributed by atoms with van der Waals surface area (Å²) in [7, 11) is 1.72. The third kappa shape index (κ3) is 4.50. The summed E-state index contributed by atoms with van der Waals surface area (Å²) in [5.74, 6) is 0.0555. The average Bonchev–Trinajstić information content (AvgIpc) is 2.44. The van der Waals surface area contributed by atoms with Crippen molar-refractivity contribution in [2.75, 3.05) is 13.6 Å². The fraction of sp³-hybridized carbons (Fsp3) is 0.385. The molecule has 0 unspecified atom stereocenters. The standard InChI is InChI=1S/C13H20N4O2/c1-3-7-15-13(18)17(2)9-10-5-4-6-11(8-10)12(14)16-19/h4-6,8,19H,3,7,9H2,1-2H3,(H2,14,16)(H,15,18). The first-order valence-corrected chi connectivity index (χ1v) is 6.14. The Balaban J connectivity index is 2.69. The van der Waals surface area contributed by atoms with Crippen molar-refractivity contribution in [2.24, 2.45) is 10.9 Å². The van der Waals surface area contributed by atoms with Crippen LogP contribution in [0.5, 0.6) is 0 Å². The number of nitrogens with zero attached hydrogens (tertiary/aromatic N) is 2. The number of carbonyl (C=O) groups is 1. The molecule has 6 heteroatoms. The molecule has 0 aromatic heterocycles. The van der Waals surface area contributed by atoms with Gasteiger partial charge in [-0.05, 0) is 18.1 Å². The summed E-state index contributed by atoms with van der Waals surface area (Å²) in [5, 5.41) is 14.4. The van der Waals surface area contributed by atoms with E-state index < -0.39 is 0 Å². The number of amidine groups is 1. The smallest absolute Gasteiger partial charge is 0.317 e. The van der Waals surface area contributed by atoms with Crippen molar-refractivity contribution in [2.45, 2.75) is 19.9 Å². The number of rotatable bonds is 5. The minimum Gasteiger partial charge on any atom is -0.409 e. The molecule has 1 rings (SSSR count). The van der Waals surface area contributed by atoms with Crippen LogP contribution in [0.2, 0.25) is 0 Å². The van der Waals surface area contributed by atoms with Gasteiger partial charge in [0, 0.05) is 25.7 Å². The molecule has 1 aromatic rings. The third-order valence-electron chi connectivity index (χ3n) is 2.62. The Hall–Kier alpha value is -2.24. The van der Waals surface area contributed by atoms with E-state index in [4.69, 9.17) is 10.9 Å². The highest BCUT2D eigenvalue weighted by atomic mass is 16.4. The predicted octanol–water partition coefficient (Wildman–Crippen LogP) is 1.33. The molecule has 0 saturated carbocycles. The highest BCUT2D eigenvalue weighted by molar-refractivity contribution is 5.97. The minimum atomic E-state index is -0.115. The second kappa shape index (κ2) is 7.25. The highest BCUT2D eigenvalue weighted by Gasteiger charge is 2.08. The molecule has 0 fully saturated rings. The molecule has 1 aromatic carbocycles. The van der Waals surface area contributed by atoms with Gasteiger partial charge < -0.3 is 21.2 Å². The van der Waals surface area contributed by atoms with Crippen LogP contribution in [0.3, 0.4) is 0 Å². The van der Waals surface area contributed by atoms with E-state index in [2.05, 4.69) is 10.5 Å². The van der Waals surface area contributed by atoms with E-state index in [1.54, 1.807) is 30.1 Å². The number of amides is 2. The van der Waals surface area contributed by atoms with Gasteiger partial charge in [0.05, 0.1) is 0 Å². The molecule has 6 nitrogen and oxygen atoms in total. The molecular weight excluding hydrogens is 244 g/mol. The molecule has 4 N–H and O–H groups in total. The molecule has 2 amide bonds. The van der Waals surface area contributed by atoms with Crippen molar-refractivity contribution < 1.29 is 10.0 Å². The van der Waals surface area contributed by atoms with Gasteiger partial charge in [-0.1, -0.05) is 30.3 Å². The van der Waals surface area contributed by atoms with Crippen LogP contribution in [0.15, 0.2) is 29.4 Å². The summed E-state index contributed by atoms with van der Waals surface area (Å²) < 4.78 is 0. The highest BCUT2D eigenvalue weighted by Crippen LogP contribution is 2.07. The van der Waals surface area contributed by atoms with Gasteiger partial charge in [0.2, 0.25) is 0 Å². The van der Waals surface area contributed by atoms with E-state index in [1.807, 2.05) is 13.0 Å². The molecule has 0 radical (unpaired) electrons. The molecule has 0 aliphatic rings. The average molecular weight is 264 g/mol. The number of oxime groups is 1. The van der Waals surface area contributed by atoms with Crippen LogP contribution in [0.4, 0.5) is 4.79 Å². The lowest BCUT2D eigenvalue weighted by molar-refractivity contribution is 0.207. The van der Waals surface area contributed by atoms with Crippen LogP contribution in [-0.4, -0.2) is 35.6 Å². The number of carbonyl (C=O) groups excluding carboxylic acids is 1. The normalized spacial score (nSPS) is 11.2. The zero-order valence-corrected chi connectivity index (χ0v) is 11.3. The molecule has 0 spiro atoms. The van der Waals surface area contributed by atoms with Crippen LogP contribution in [0.1, 0.15) is 24.5 Å². The molecule has 0 saturated heterocycles. The molecule has 0 heterocycles. The van der Waals surface area contributed by atoms with Gasteiger partial charge in [-0.25, -0.2) is 4.79 Å². The zero-order valence-electron chi connectivity index (χ0n) is 11.3. The lowest BCUT2D eigenvalue weighted by Gasteiger charge is -2.18. The molecular formula is C13H20N4O2. The lowest BCUT2D eigenvalue weighted by Crippen LogP contribution is -2.37. The van der Waals surface area contributed by atoms with E-state index in [1.165, 1.54) is 0 Å². The predicted molar refractivity (Wildman–Crippen MR) is 74.1 cm³/mol. The number of hydrogen-bond donors (Lipinski definition) is 3. The fourth-order valence-corrected chi connectivity index (χ4v) is 1.60. The van der Waals surface area contributed by atoms with E-state index in [-0.39, 0.29) is 11.9 Å². The number of nitrogens with two attached hydrogens (primary N) is 1. The quantitative estimate of drug-likeness (QED) is 0.324. The second-order valence-electron chi connectivity index (χ2n) is 4.27. The summed E-state index contributed by atoms with van der Waals surface area (Å²) in [6.07, 6.45) is 0.901. The first kappa shape index (κ1) is 14.8. The van der Waals surface area contributed by atoms with Gasteiger partial charge in [-0.2, -0.15) is 0 Å². The molecule has 0 bridgehead atoms. The van der Waals surface area contributed by atoms with Crippen molar-refractivity contribution in [1.82, 2.24) is 10.2 Å². The van der Waals surface area contributed by atoms with Gasteiger partial charge in [-0.15, -0.1) is 0 Å². The summed E-state index contributed by atoms with van der Waals surface area (Å²) in [5.41, 5.74) is 7.07. The van der Waals surface area contributed by atoms with Crippen LogP contribution >= 0.6 is 0 Å². The Kier molecular flexibility index (Phi) is 5.66. The molecule has 19 heavy (non-hydrogen) atoms. The number of hydrogen-bond acceptors (Lipinski definition) is 3. The molecule has 0 aliphatic heterocycles. The number of urea groups is 1. The number of nitrogens with one attached hydrogen (secondary N) is 1. The summed E-state index contributed by atoms with van der Waals surface area (Å²) in [4.78, 5) is 13.3. The van der Waals surface area contributed by atoms with E-state index in [0.29, 0.717) is 18.7 Å². The maximum atomic E-state index is 11.7. The summed E-state index contributed by atoms with van der Waals surface area (Å²) >= 11 is 0. The Bertz CT molecular complexity index is 460. The van der Waals surface area contributed by atoms with Gasteiger partial charge in [-0.3, -0.25) is 0 Å². The SMILES string of the molecule is CCCNC(=O)N(C)Cc1cccc(/C(N)=N/O)c1. The Labute approximate surface area is 112 Å². The maximum absolute atomic E-state index is 11.7. The van der Waals surface area contributed by atoms with Crippen molar-refractivity contribution in [3.05, 3.63) is 35.4 Å². The van der Waals surface area contributed by atoms with Crippen molar-refractivity contribution in [3.8, 4) is 0 Å². The van der Waals surface area contributed by atoms with Gasteiger partial charge in [0.1, 0.15) is 0 Å². The first-order chi connectivity index (χ1) is 9.08. The Morgan fingerprint density at radius 1 is 1.53 bits per heavy atom.